The van der Waals surface area contributed by atoms with Crippen LogP contribution in [0, 0.1) is 0 Å². The number of amides is 3. The molecule has 8 nitrogen and oxygen atoms in total. The molecule has 7 rings (SSSR count). The number of benzene rings is 7. The number of carbonyl (C=O) groups is 4. The molecule has 63 heavy (non-hydrogen) atoms. The Bertz CT molecular complexity index is 2650. The lowest BCUT2D eigenvalue weighted by atomic mass is 10.0. The zero-order chi connectivity index (χ0) is 44.3. The van der Waals surface area contributed by atoms with Crippen LogP contribution in [-0.2, 0) is 19.6 Å². The van der Waals surface area contributed by atoms with Gasteiger partial charge in [0.25, 0.3) is 17.7 Å². The van der Waals surface area contributed by atoms with Gasteiger partial charge in [0.05, 0.1) is 23.7 Å². The Morgan fingerprint density at radius 3 is 0.968 bits per heavy atom. The van der Waals surface area contributed by atoms with Crippen LogP contribution >= 0.6 is 0 Å². The average Bonchev–Trinajstić information content (AvgIpc) is 3.34. The van der Waals surface area contributed by atoms with E-state index in [9.17, 15) is 24.3 Å². The highest BCUT2D eigenvalue weighted by molar-refractivity contribution is 5.96. The van der Waals surface area contributed by atoms with Crippen molar-refractivity contribution >= 4 is 23.7 Å². The molecule has 0 aromatic heterocycles. The number of carboxylic acids is 1. The van der Waals surface area contributed by atoms with Crippen LogP contribution in [0.1, 0.15) is 114 Å². The van der Waals surface area contributed by atoms with Crippen molar-refractivity contribution in [3.05, 3.63) is 250 Å². The monoisotopic (exact) mass is 833 g/mol. The molecule has 0 fully saturated rings. The van der Waals surface area contributed by atoms with Crippen LogP contribution < -0.4 is 0 Å². The first-order chi connectivity index (χ1) is 30.6. The minimum Gasteiger partial charge on any atom is -0.478 e. The fourth-order valence-electron chi connectivity index (χ4n) is 7.96. The van der Waals surface area contributed by atoms with Gasteiger partial charge in [0.1, 0.15) is 0 Å². The third kappa shape index (κ3) is 10.7. The third-order valence-electron chi connectivity index (χ3n) is 11.6. The summed E-state index contributed by atoms with van der Waals surface area (Å²) in [5, 5.41) is 9.69. The molecule has 0 heterocycles. The second kappa shape index (κ2) is 20.3. The molecule has 0 bridgehead atoms. The van der Waals surface area contributed by atoms with E-state index in [0.717, 1.165) is 27.8 Å². The second-order valence-electron chi connectivity index (χ2n) is 15.8. The lowest BCUT2D eigenvalue weighted by Gasteiger charge is -2.32. The maximum atomic E-state index is 14.9. The molecule has 3 amide bonds. The number of nitrogens with zero attached hydrogens (tertiary/aromatic N) is 3. The Morgan fingerprint density at radius 1 is 0.365 bits per heavy atom. The maximum absolute atomic E-state index is 14.9. The normalized spacial score (nSPS) is 12.4. The van der Waals surface area contributed by atoms with Crippen molar-refractivity contribution in [2.45, 2.75) is 58.5 Å². The highest BCUT2D eigenvalue weighted by atomic mass is 16.4. The zero-order valence-electron chi connectivity index (χ0n) is 35.8. The van der Waals surface area contributed by atoms with Crippen molar-refractivity contribution in [3.63, 3.8) is 0 Å². The predicted molar refractivity (Wildman–Crippen MR) is 247 cm³/mol. The van der Waals surface area contributed by atoms with Gasteiger partial charge in [-0.1, -0.05) is 146 Å². The van der Waals surface area contributed by atoms with E-state index < -0.39 is 5.97 Å². The van der Waals surface area contributed by atoms with Crippen molar-refractivity contribution in [1.29, 1.82) is 0 Å². The van der Waals surface area contributed by atoms with Gasteiger partial charge < -0.3 is 19.8 Å². The Morgan fingerprint density at radius 2 is 0.635 bits per heavy atom. The van der Waals surface area contributed by atoms with Crippen LogP contribution in [0.3, 0.4) is 0 Å². The maximum Gasteiger partial charge on any atom is 0.335 e. The largest absolute Gasteiger partial charge is 0.478 e. The van der Waals surface area contributed by atoms with Crippen LogP contribution in [0.25, 0.3) is 0 Å². The minimum absolute atomic E-state index is 0.108. The average molecular weight is 834 g/mol. The van der Waals surface area contributed by atoms with Gasteiger partial charge in [-0.2, -0.15) is 0 Å². The quantitative estimate of drug-likeness (QED) is 0.105. The molecular weight excluding hydrogens is 783 g/mol. The highest BCUT2D eigenvalue weighted by Gasteiger charge is 2.28. The predicted octanol–water partition coefficient (Wildman–Crippen LogP) is 11.6. The number of hydrogen-bond acceptors (Lipinski definition) is 4. The molecule has 7 aromatic carbocycles. The fourth-order valence-corrected chi connectivity index (χ4v) is 7.96. The fraction of sp³-hybridized carbons (Fsp3) is 0.164. The third-order valence-corrected chi connectivity index (χ3v) is 11.6. The molecule has 1 N–H and O–H groups in total. The van der Waals surface area contributed by atoms with Gasteiger partial charge in [0.15, 0.2) is 0 Å². The number of hydrogen-bond donors (Lipinski definition) is 1. The van der Waals surface area contributed by atoms with E-state index in [2.05, 4.69) is 0 Å². The smallest absolute Gasteiger partial charge is 0.335 e. The molecule has 8 heteroatoms. The van der Waals surface area contributed by atoms with Gasteiger partial charge >= 0.3 is 5.97 Å². The lowest BCUT2D eigenvalue weighted by Crippen LogP contribution is -2.35. The molecule has 0 spiro atoms. The molecule has 316 valence electrons. The number of carbonyl (C=O) groups excluding carboxylic acids is 3. The first-order valence-corrected chi connectivity index (χ1v) is 21.2. The zero-order valence-corrected chi connectivity index (χ0v) is 35.8. The summed E-state index contributed by atoms with van der Waals surface area (Å²) in [5.41, 5.74) is 6.83. The first-order valence-electron chi connectivity index (χ1n) is 21.2. The van der Waals surface area contributed by atoms with E-state index in [1.54, 1.807) is 23.1 Å². The van der Waals surface area contributed by atoms with Gasteiger partial charge in [-0.25, -0.2) is 4.79 Å². The number of rotatable bonds is 16. The van der Waals surface area contributed by atoms with Crippen molar-refractivity contribution in [1.82, 2.24) is 14.7 Å². The molecule has 0 unspecified atom stereocenters. The SMILES string of the molecule is C[C@@H](c1ccccc1)N(Cc1cccc(C(=O)N(Cc2cccc(C(=O)N(Cc3cccc(C(=O)O)c3)[C@@H](C)c3ccccc3)c2)[C@@H](C)c2ccccc2)c1)C(=O)c1ccccc1. The Labute approximate surface area is 369 Å². The van der Waals surface area contributed by atoms with Gasteiger partial charge in [-0.15, -0.1) is 0 Å². The Hall–Kier alpha value is -7.58. The Kier molecular flexibility index (Phi) is 14.0. The molecule has 3 atom stereocenters. The standard InChI is InChI=1S/C55H51N3O5/c1-39(45-22-8-4-9-23-45)56(52(59)48-28-14-7-15-29-48)36-42-19-16-30-49(33-42)53(60)57(40(2)46-24-10-5-11-25-46)37-43-20-17-31-50(34-43)54(61)58(41(3)47-26-12-6-13-27-47)38-44-21-18-32-51(35-44)55(62)63/h4-35,39-41H,36-38H2,1-3H3,(H,62,63)/t39-,40-,41-/m0/s1. The van der Waals surface area contributed by atoms with E-state index >= 15 is 0 Å². The van der Waals surface area contributed by atoms with Gasteiger partial charge in [-0.3, -0.25) is 14.4 Å². The summed E-state index contributed by atoms with van der Waals surface area (Å²) in [5.74, 6) is -1.57. The van der Waals surface area contributed by atoms with E-state index in [0.29, 0.717) is 22.3 Å². The van der Waals surface area contributed by atoms with Gasteiger partial charge in [0, 0.05) is 36.3 Å². The molecule has 0 saturated carbocycles. The lowest BCUT2D eigenvalue weighted by molar-refractivity contribution is 0.0665. The van der Waals surface area contributed by atoms with Gasteiger partial charge in [0.2, 0.25) is 0 Å². The second-order valence-corrected chi connectivity index (χ2v) is 15.8. The molecule has 7 aromatic rings. The molecular formula is C55H51N3O5. The molecule has 0 aliphatic heterocycles. The van der Waals surface area contributed by atoms with Crippen LogP contribution in [0.4, 0.5) is 0 Å². The molecule has 0 aliphatic carbocycles. The van der Waals surface area contributed by atoms with E-state index in [4.69, 9.17) is 0 Å². The topological polar surface area (TPSA) is 98.2 Å². The van der Waals surface area contributed by atoms with Crippen molar-refractivity contribution < 1.29 is 24.3 Å². The van der Waals surface area contributed by atoms with Crippen molar-refractivity contribution in [2.75, 3.05) is 0 Å². The summed E-state index contributed by atoms with van der Waals surface area (Å²) >= 11 is 0. The van der Waals surface area contributed by atoms with E-state index in [-0.39, 0.29) is 61.0 Å². The molecule has 0 radical (unpaired) electrons. The Balaban J connectivity index is 1.19. The summed E-state index contributed by atoms with van der Waals surface area (Å²) in [7, 11) is 0. The summed E-state index contributed by atoms with van der Waals surface area (Å²) in [4.78, 5) is 60.9. The van der Waals surface area contributed by atoms with Gasteiger partial charge in [-0.05, 0) is 103 Å². The summed E-state index contributed by atoms with van der Waals surface area (Å²) < 4.78 is 0. The summed E-state index contributed by atoms with van der Waals surface area (Å²) in [6.45, 7) is 6.66. The first kappa shape index (κ1) is 43.5. The number of carboxylic acid groups (broad SMARTS) is 1. The number of aromatic carboxylic acids is 1. The van der Waals surface area contributed by atoms with Crippen LogP contribution in [-0.4, -0.2) is 43.5 Å². The summed E-state index contributed by atoms with van der Waals surface area (Å²) in [6, 6.07) is 59.3. The van der Waals surface area contributed by atoms with E-state index in [1.165, 1.54) is 6.07 Å². The van der Waals surface area contributed by atoms with Crippen molar-refractivity contribution in [2.24, 2.45) is 0 Å². The van der Waals surface area contributed by atoms with Crippen LogP contribution in [0.15, 0.2) is 194 Å². The summed E-state index contributed by atoms with van der Waals surface area (Å²) in [6.07, 6.45) is 0. The minimum atomic E-state index is -1.04. The van der Waals surface area contributed by atoms with Crippen molar-refractivity contribution in [3.8, 4) is 0 Å². The van der Waals surface area contributed by atoms with E-state index in [1.807, 2.05) is 200 Å². The highest BCUT2D eigenvalue weighted by Crippen LogP contribution is 2.30. The molecule has 0 saturated heterocycles. The van der Waals surface area contributed by atoms with Crippen LogP contribution in [0.2, 0.25) is 0 Å². The molecule has 0 aliphatic rings. The van der Waals surface area contributed by atoms with Crippen LogP contribution in [0.5, 0.6) is 0 Å².